The summed E-state index contributed by atoms with van der Waals surface area (Å²) in [5.74, 6) is 0.791. The van der Waals surface area contributed by atoms with Gasteiger partial charge in [-0.1, -0.05) is 0 Å². The van der Waals surface area contributed by atoms with Gasteiger partial charge in [-0.3, -0.25) is 9.55 Å². The molecule has 0 aliphatic carbocycles. The van der Waals surface area contributed by atoms with Gasteiger partial charge < -0.3 is 5.11 Å². The monoisotopic (exact) mass is 240 g/mol. The standard InChI is InChI=1S/C13H12N4O/c18-8-5-12-16-11-4-2-7-15-13(11)17(12)10-3-1-6-14-9-10/h1-4,6-7,9,18H,5,8H2. The fraction of sp³-hybridized carbons (Fsp3) is 0.154. The molecule has 0 saturated carbocycles. The van der Waals surface area contributed by atoms with E-state index in [4.69, 9.17) is 5.11 Å². The van der Waals surface area contributed by atoms with Crippen LogP contribution in [0.2, 0.25) is 0 Å². The average molecular weight is 240 g/mol. The molecule has 0 atom stereocenters. The molecule has 0 aromatic carbocycles. The molecule has 0 aliphatic heterocycles. The smallest absolute Gasteiger partial charge is 0.164 e. The van der Waals surface area contributed by atoms with Crippen LogP contribution in [-0.4, -0.2) is 31.2 Å². The van der Waals surface area contributed by atoms with Gasteiger partial charge in [0, 0.05) is 18.8 Å². The number of rotatable bonds is 3. The van der Waals surface area contributed by atoms with E-state index in [1.165, 1.54) is 0 Å². The second-order valence-electron chi connectivity index (χ2n) is 3.89. The molecule has 0 radical (unpaired) electrons. The minimum atomic E-state index is 0.0591. The van der Waals surface area contributed by atoms with Crippen molar-refractivity contribution in [1.82, 2.24) is 19.5 Å². The molecule has 3 heterocycles. The van der Waals surface area contributed by atoms with Gasteiger partial charge in [-0.25, -0.2) is 9.97 Å². The van der Waals surface area contributed by atoms with E-state index >= 15 is 0 Å². The molecule has 90 valence electrons. The van der Waals surface area contributed by atoms with Gasteiger partial charge in [0.05, 0.1) is 18.5 Å². The van der Waals surface area contributed by atoms with Crippen LogP contribution in [0.3, 0.4) is 0 Å². The van der Waals surface area contributed by atoms with Gasteiger partial charge in [0.2, 0.25) is 0 Å². The maximum Gasteiger partial charge on any atom is 0.164 e. The van der Waals surface area contributed by atoms with Crippen molar-refractivity contribution in [2.45, 2.75) is 6.42 Å². The molecule has 0 bridgehead atoms. The van der Waals surface area contributed by atoms with Gasteiger partial charge in [-0.05, 0) is 24.3 Å². The zero-order valence-corrected chi connectivity index (χ0v) is 9.69. The minimum absolute atomic E-state index is 0.0591. The van der Waals surface area contributed by atoms with E-state index < -0.39 is 0 Å². The van der Waals surface area contributed by atoms with Gasteiger partial charge in [0.15, 0.2) is 5.65 Å². The van der Waals surface area contributed by atoms with Gasteiger partial charge in [-0.2, -0.15) is 0 Å². The predicted molar refractivity (Wildman–Crippen MR) is 67.4 cm³/mol. The predicted octanol–water partition coefficient (Wildman–Crippen LogP) is 1.35. The summed E-state index contributed by atoms with van der Waals surface area (Å²) in [5.41, 5.74) is 2.51. The molecule has 1 N–H and O–H groups in total. The fourth-order valence-electron chi connectivity index (χ4n) is 1.98. The van der Waals surface area contributed by atoms with Crippen molar-refractivity contribution in [1.29, 1.82) is 0 Å². The fourth-order valence-corrected chi connectivity index (χ4v) is 1.98. The summed E-state index contributed by atoms with van der Waals surface area (Å²) >= 11 is 0. The molecule has 0 amide bonds. The third-order valence-electron chi connectivity index (χ3n) is 2.73. The molecule has 0 spiro atoms. The highest BCUT2D eigenvalue weighted by molar-refractivity contribution is 5.73. The summed E-state index contributed by atoms with van der Waals surface area (Å²) in [6.45, 7) is 0.0591. The Kier molecular flexibility index (Phi) is 2.74. The van der Waals surface area contributed by atoms with Crippen molar-refractivity contribution in [2.75, 3.05) is 6.61 Å². The molecule has 3 aromatic heterocycles. The quantitative estimate of drug-likeness (QED) is 0.750. The maximum absolute atomic E-state index is 9.13. The largest absolute Gasteiger partial charge is 0.396 e. The normalized spacial score (nSPS) is 10.9. The van der Waals surface area contributed by atoms with Crippen LogP contribution in [0.1, 0.15) is 5.82 Å². The van der Waals surface area contributed by atoms with Crippen molar-refractivity contribution in [3.8, 4) is 5.69 Å². The zero-order chi connectivity index (χ0) is 12.4. The number of hydrogen-bond donors (Lipinski definition) is 1. The Morgan fingerprint density at radius 3 is 2.83 bits per heavy atom. The van der Waals surface area contributed by atoms with E-state index in [0.717, 1.165) is 22.7 Å². The van der Waals surface area contributed by atoms with E-state index in [1.807, 2.05) is 28.8 Å². The molecule has 5 heteroatoms. The van der Waals surface area contributed by atoms with E-state index in [2.05, 4.69) is 15.0 Å². The lowest BCUT2D eigenvalue weighted by molar-refractivity contribution is 0.296. The number of fused-ring (bicyclic) bond motifs is 1. The summed E-state index contributed by atoms with van der Waals surface area (Å²) in [6.07, 6.45) is 5.71. The summed E-state index contributed by atoms with van der Waals surface area (Å²) in [5, 5.41) is 9.13. The number of aromatic nitrogens is 4. The van der Waals surface area contributed by atoms with Crippen molar-refractivity contribution < 1.29 is 5.11 Å². The Hall–Kier alpha value is -2.27. The molecule has 18 heavy (non-hydrogen) atoms. The highest BCUT2D eigenvalue weighted by Crippen LogP contribution is 2.19. The number of aliphatic hydroxyl groups excluding tert-OH is 1. The van der Waals surface area contributed by atoms with Crippen molar-refractivity contribution in [2.24, 2.45) is 0 Å². The molecule has 0 saturated heterocycles. The van der Waals surface area contributed by atoms with Gasteiger partial charge in [0.25, 0.3) is 0 Å². The molecule has 5 nitrogen and oxygen atoms in total. The second-order valence-corrected chi connectivity index (χ2v) is 3.89. The van der Waals surface area contributed by atoms with Crippen molar-refractivity contribution >= 4 is 11.2 Å². The topological polar surface area (TPSA) is 63.8 Å². The highest BCUT2D eigenvalue weighted by atomic mass is 16.3. The molecule has 3 aromatic rings. The van der Waals surface area contributed by atoms with Gasteiger partial charge in [-0.15, -0.1) is 0 Å². The summed E-state index contributed by atoms with van der Waals surface area (Å²) in [6, 6.07) is 7.58. The zero-order valence-electron chi connectivity index (χ0n) is 9.69. The molecular weight excluding hydrogens is 228 g/mol. The van der Waals surface area contributed by atoms with Crippen LogP contribution in [0, 0.1) is 0 Å². The van der Waals surface area contributed by atoms with E-state index in [-0.39, 0.29) is 6.61 Å². The summed E-state index contributed by atoms with van der Waals surface area (Å²) < 4.78 is 1.93. The summed E-state index contributed by atoms with van der Waals surface area (Å²) in [4.78, 5) is 13.0. The third kappa shape index (κ3) is 1.74. The second kappa shape index (κ2) is 4.54. The molecule has 0 unspecified atom stereocenters. The van der Waals surface area contributed by atoms with Crippen LogP contribution in [0.25, 0.3) is 16.9 Å². The lowest BCUT2D eigenvalue weighted by atomic mass is 10.3. The number of nitrogens with zero attached hydrogens (tertiary/aromatic N) is 4. The maximum atomic E-state index is 9.13. The number of aliphatic hydroxyl groups is 1. The number of hydrogen-bond acceptors (Lipinski definition) is 4. The van der Waals surface area contributed by atoms with Gasteiger partial charge in [0.1, 0.15) is 11.3 Å². The van der Waals surface area contributed by atoms with E-state index in [1.54, 1.807) is 18.6 Å². The highest BCUT2D eigenvalue weighted by Gasteiger charge is 2.12. The lowest BCUT2D eigenvalue weighted by Gasteiger charge is -2.06. The molecule has 0 fully saturated rings. The third-order valence-corrected chi connectivity index (χ3v) is 2.73. The SMILES string of the molecule is OCCc1nc2cccnc2n1-c1cccnc1. The van der Waals surface area contributed by atoms with Crippen molar-refractivity contribution in [3.05, 3.63) is 48.7 Å². The van der Waals surface area contributed by atoms with Crippen molar-refractivity contribution in [3.63, 3.8) is 0 Å². The first-order valence-corrected chi connectivity index (χ1v) is 5.74. The Labute approximate surface area is 104 Å². The van der Waals surface area contributed by atoms with Crippen LogP contribution in [-0.2, 0) is 6.42 Å². The Morgan fingerprint density at radius 1 is 1.17 bits per heavy atom. The molecule has 3 rings (SSSR count). The van der Waals surface area contributed by atoms with Crippen LogP contribution in [0.15, 0.2) is 42.9 Å². The first-order chi connectivity index (χ1) is 8.90. The Balaban J connectivity index is 2.28. The lowest BCUT2D eigenvalue weighted by Crippen LogP contribution is -2.04. The Morgan fingerprint density at radius 2 is 2.06 bits per heavy atom. The summed E-state index contributed by atoms with van der Waals surface area (Å²) in [7, 11) is 0. The molecule has 0 aliphatic rings. The number of pyridine rings is 2. The first-order valence-electron chi connectivity index (χ1n) is 5.74. The molecular formula is C13H12N4O. The van der Waals surface area contributed by atoms with Crippen LogP contribution < -0.4 is 0 Å². The first kappa shape index (κ1) is 10.9. The van der Waals surface area contributed by atoms with Crippen LogP contribution in [0.5, 0.6) is 0 Å². The van der Waals surface area contributed by atoms with Crippen LogP contribution >= 0.6 is 0 Å². The van der Waals surface area contributed by atoms with Crippen LogP contribution in [0.4, 0.5) is 0 Å². The average Bonchev–Trinajstić information content (AvgIpc) is 2.78. The van der Waals surface area contributed by atoms with E-state index in [9.17, 15) is 0 Å². The van der Waals surface area contributed by atoms with E-state index in [0.29, 0.717) is 6.42 Å². The Bertz CT molecular complexity index is 663. The number of imidazole rings is 1. The van der Waals surface area contributed by atoms with Gasteiger partial charge >= 0.3 is 0 Å². The minimum Gasteiger partial charge on any atom is -0.396 e.